The molecule has 3 nitrogen and oxygen atoms in total. The van der Waals surface area contributed by atoms with Gasteiger partial charge in [-0.25, -0.2) is 0 Å². The monoisotopic (exact) mass is 373 g/mol. The van der Waals surface area contributed by atoms with E-state index in [2.05, 4.69) is 36.5 Å². The molecule has 1 amide bonds. The summed E-state index contributed by atoms with van der Waals surface area (Å²) in [5.74, 6) is -0.115. The standard InChI is InChI=1S/C20H18Cl2N2O/c1-13(16-8-4-6-14-5-2-3-7-17(14)16)23-12-20(25)24-19-11-15(21)9-10-18(19)22/h2-11,13,23H,12H2,1H3,(H,24,25)/p+1/t13-/m1/s1. The van der Waals surface area contributed by atoms with Gasteiger partial charge in [0.1, 0.15) is 6.04 Å². The smallest absolute Gasteiger partial charge is 0.279 e. The highest BCUT2D eigenvalue weighted by molar-refractivity contribution is 6.35. The summed E-state index contributed by atoms with van der Waals surface area (Å²) in [7, 11) is 0. The molecule has 0 aliphatic rings. The molecular formula is C20H19Cl2N2O+. The molecule has 3 aromatic carbocycles. The third-order valence-electron chi connectivity index (χ3n) is 4.17. The Morgan fingerprint density at radius 3 is 2.68 bits per heavy atom. The largest absolute Gasteiger partial charge is 0.332 e. The molecule has 0 bridgehead atoms. The SMILES string of the molecule is C[C@@H]([NH2+]CC(=O)Nc1cc(Cl)ccc1Cl)c1cccc2ccccc12. The summed E-state index contributed by atoms with van der Waals surface area (Å²) in [6.07, 6.45) is 0. The van der Waals surface area contributed by atoms with Crippen LogP contribution in [0.1, 0.15) is 18.5 Å². The number of halogens is 2. The Bertz CT molecular complexity index is 906. The molecule has 128 valence electrons. The summed E-state index contributed by atoms with van der Waals surface area (Å²) in [5.41, 5.74) is 1.75. The van der Waals surface area contributed by atoms with E-state index in [9.17, 15) is 4.79 Å². The first-order valence-electron chi connectivity index (χ1n) is 8.10. The first kappa shape index (κ1) is 17.7. The number of carbonyl (C=O) groups excluding carboxylic acids is 1. The van der Waals surface area contributed by atoms with E-state index in [1.807, 2.05) is 23.5 Å². The van der Waals surface area contributed by atoms with Gasteiger partial charge >= 0.3 is 0 Å². The molecule has 0 aliphatic carbocycles. The Balaban J connectivity index is 1.66. The highest BCUT2D eigenvalue weighted by Gasteiger charge is 2.15. The van der Waals surface area contributed by atoms with Crippen molar-refractivity contribution in [3.05, 3.63) is 76.3 Å². The van der Waals surface area contributed by atoms with E-state index in [1.54, 1.807) is 18.2 Å². The zero-order valence-corrected chi connectivity index (χ0v) is 15.3. The number of anilines is 1. The van der Waals surface area contributed by atoms with Gasteiger partial charge in [-0.15, -0.1) is 0 Å². The Labute approximate surface area is 156 Å². The van der Waals surface area contributed by atoms with Crippen molar-refractivity contribution in [2.75, 3.05) is 11.9 Å². The maximum absolute atomic E-state index is 12.2. The Morgan fingerprint density at radius 2 is 1.84 bits per heavy atom. The van der Waals surface area contributed by atoms with Crippen LogP contribution in [0.3, 0.4) is 0 Å². The molecule has 0 heterocycles. The van der Waals surface area contributed by atoms with Crippen molar-refractivity contribution >= 4 is 45.6 Å². The molecule has 5 heteroatoms. The molecule has 0 spiro atoms. The van der Waals surface area contributed by atoms with Crippen LogP contribution in [-0.4, -0.2) is 12.5 Å². The Morgan fingerprint density at radius 1 is 1.08 bits per heavy atom. The van der Waals surface area contributed by atoms with E-state index in [-0.39, 0.29) is 11.9 Å². The molecular weight excluding hydrogens is 355 g/mol. The van der Waals surface area contributed by atoms with Crippen molar-refractivity contribution in [2.45, 2.75) is 13.0 Å². The second kappa shape index (κ2) is 7.87. The van der Waals surface area contributed by atoms with Crippen LogP contribution in [0.5, 0.6) is 0 Å². The predicted molar refractivity (Wildman–Crippen MR) is 104 cm³/mol. The van der Waals surface area contributed by atoms with Gasteiger partial charge in [-0.05, 0) is 35.9 Å². The molecule has 1 atom stereocenters. The molecule has 0 saturated carbocycles. The van der Waals surface area contributed by atoms with Crippen molar-refractivity contribution in [3.63, 3.8) is 0 Å². The molecule has 0 aliphatic heterocycles. The van der Waals surface area contributed by atoms with Gasteiger partial charge < -0.3 is 10.6 Å². The average Bonchev–Trinajstić information content (AvgIpc) is 2.62. The minimum absolute atomic E-state index is 0.115. The van der Waals surface area contributed by atoms with Crippen LogP contribution < -0.4 is 10.6 Å². The van der Waals surface area contributed by atoms with Gasteiger partial charge in [-0.2, -0.15) is 0 Å². The fourth-order valence-electron chi connectivity index (χ4n) is 2.85. The van der Waals surface area contributed by atoms with Crippen LogP contribution in [0.25, 0.3) is 10.8 Å². The van der Waals surface area contributed by atoms with Crippen molar-refractivity contribution in [2.24, 2.45) is 0 Å². The number of nitrogens with two attached hydrogens (primary N) is 1. The lowest BCUT2D eigenvalue weighted by atomic mass is 10.00. The third kappa shape index (κ3) is 4.31. The minimum atomic E-state index is -0.115. The van der Waals surface area contributed by atoms with Gasteiger partial charge in [0.25, 0.3) is 5.91 Å². The minimum Gasteiger partial charge on any atom is -0.332 e. The van der Waals surface area contributed by atoms with Gasteiger partial charge in [0.05, 0.1) is 10.7 Å². The number of fused-ring (bicyclic) bond motifs is 1. The van der Waals surface area contributed by atoms with Crippen LogP contribution in [0.15, 0.2) is 60.7 Å². The van der Waals surface area contributed by atoms with Crippen molar-refractivity contribution in [3.8, 4) is 0 Å². The summed E-state index contributed by atoms with van der Waals surface area (Å²) in [6, 6.07) is 19.7. The normalized spacial score (nSPS) is 12.1. The summed E-state index contributed by atoms with van der Waals surface area (Å²) in [4.78, 5) is 12.2. The summed E-state index contributed by atoms with van der Waals surface area (Å²) >= 11 is 12.0. The summed E-state index contributed by atoms with van der Waals surface area (Å²) in [5, 5.41) is 8.24. The highest BCUT2D eigenvalue weighted by Crippen LogP contribution is 2.25. The first-order valence-corrected chi connectivity index (χ1v) is 8.86. The number of carbonyl (C=O) groups is 1. The van der Waals surface area contributed by atoms with Crippen LogP contribution >= 0.6 is 23.2 Å². The lowest BCUT2D eigenvalue weighted by Gasteiger charge is -2.14. The van der Waals surface area contributed by atoms with Crippen LogP contribution in [0.4, 0.5) is 5.69 Å². The maximum Gasteiger partial charge on any atom is 0.279 e. The van der Waals surface area contributed by atoms with Crippen molar-refractivity contribution in [1.29, 1.82) is 0 Å². The van der Waals surface area contributed by atoms with Gasteiger partial charge in [0.2, 0.25) is 0 Å². The highest BCUT2D eigenvalue weighted by atomic mass is 35.5. The topological polar surface area (TPSA) is 45.7 Å². The number of nitrogens with one attached hydrogen (secondary N) is 1. The predicted octanol–water partition coefficient (Wildman–Crippen LogP) is 4.41. The number of benzene rings is 3. The van der Waals surface area contributed by atoms with E-state index in [4.69, 9.17) is 23.2 Å². The van der Waals surface area contributed by atoms with Gasteiger partial charge in [-0.3, -0.25) is 4.79 Å². The van der Waals surface area contributed by atoms with Crippen molar-refractivity contribution in [1.82, 2.24) is 0 Å². The third-order valence-corrected chi connectivity index (χ3v) is 4.74. The molecule has 0 saturated heterocycles. The zero-order chi connectivity index (χ0) is 17.8. The lowest BCUT2D eigenvalue weighted by molar-refractivity contribution is -0.682. The van der Waals surface area contributed by atoms with Crippen molar-refractivity contribution < 1.29 is 10.1 Å². The number of quaternary nitrogens is 1. The average molecular weight is 374 g/mol. The van der Waals surface area contributed by atoms with E-state index in [0.29, 0.717) is 22.3 Å². The van der Waals surface area contributed by atoms with Crippen LogP contribution in [-0.2, 0) is 4.79 Å². The van der Waals surface area contributed by atoms with Gasteiger partial charge in [0.15, 0.2) is 6.54 Å². The molecule has 0 radical (unpaired) electrons. The van der Waals surface area contributed by atoms with Gasteiger partial charge in [0, 0.05) is 10.6 Å². The molecule has 3 N–H and O–H groups in total. The molecule has 0 aromatic heterocycles. The fourth-order valence-corrected chi connectivity index (χ4v) is 3.19. The maximum atomic E-state index is 12.2. The number of hydrogen-bond donors (Lipinski definition) is 2. The summed E-state index contributed by atoms with van der Waals surface area (Å²) < 4.78 is 0. The second-order valence-corrected chi connectivity index (χ2v) is 6.81. The quantitative estimate of drug-likeness (QED) is 0.683. The van der Waals surface area contributed by atoms with E-state index in [1.165, 1.54) is 16.3 Å². The molecule has 3 rings (SSSR count). The molecule has 25 heavy (non-hydrogen) atoms. The molecule has 3 aromatic rings. The molecule has 0 fully saturated rings. The number of hydrogen-bond acceptors (Lipinski definition) is 1. The van der Waals surface area contributed by atoms with E-state index in [0.717, 1.165) is 0 Å². The second-order valence-electron chi connectivity index (χ2n) is 5.97. The lowest BCUT2D eigenvalue weighted by Crippen LogP contribution is -2.86. The van der Waals surface area contributed by atoms with Gasteiger partial charge in [-0.1, -0.05) is 65.7 Å². The van der Waals surface area contributed by atoms with E-state index >= 15 is 0 Å². The molecule has 0 unspecified atom stereocenters. The fraction of sp³-hybridized carbons (Fsp3) is 0.150. The number of amides is 1. The number of rotatable bonds is 5. The zero-order valence-electron chi connectivity index (χ0n) is 13.8. The van der Waals surface area contributed by atoms with Crippen LogP contribution in [0.2, 0.25) is 10.0 Å². The Hall–Kier alpha value is -2.07. The van der Waals surface area contributed by atoms with Crippen LogP contribution in [0, 0.1) is 0 Å². The van der Waals surface area contributed by atoms with E-state index < -0.39 is 0 Å². The Kier molecular flexibility index (Phi) is 5.59. The first-order chi connectivity index (χ1) is 12.0. The summed E-state index contributed by atoms with van der Waals surface area (Å²) in [6.45, 7) is 2.40.